The highest BCUT2D eigenvalue weighted by Gasteiger charge is 2.25. The van der Waals surface area contributed by atoms with Gasteiger partial charge in [0.05, 0.1) is 6.61 Å². The Kier molecular flexibility index (Phi) is 4.16. The fourth-order valence-electron chi connectivity index (χ4n) is 1.22. The van der Waals surface area contributed by atoms with E-state index in [-0.39, 0.29) is 0 Å². The Morgan fingerprint density at radius 2 is 2.43 bits per heavy atom. The molecule has 1 amide bonds. The Morgan fingerprint density at radius 3 is 3.00 bits per heavy atom. The van der Waals surface area contributed by atoms with E-state index in [1.165, 1.54) is 4.90 Å². The molecular weight excluding hydrogens is 184 g/mol. The molecule has 1 saturated heterocycles. The topological polar surface area (TPSA) is 61.8 Å². The van der Waals surface area contributed by atoms with E-state index in [1.54, 1.807) is 0 Å². The minimum Gasteiger partial charge on any atom is -0.449 e. The summed E-state index contributed by atoms with van der Waals surface area (Å²) in [6.07, 6.45) is -1.18. The molecular formula is C9H18N2O3. The van der Waals surface area contributed by atoms with Crippen LogP contribution in [-0.4, -0.2) is 48.6 Å². The molecule has 1 aliphatic heterocycles. The first kappa shape index (κ1) is 11.3. The van der Waals surface area contributed by atoms with Crippen LogP contribution in [0.15, 0.2) is 0 Å². The van der Waals surface area contributed by atoms with Crippen molar-refractivity contribution < 1.29 is 14.6 Å². The smallest absolute Gasteiger partial charge is 0.411 e. The molecule has 1 aliphatic rings. The summed E-state index contributed by atoms with van der Waals surface area (Å²) in [4.78, 5) is 12.8. The van der Waals surface area contributed by atoms with Gasteiger partial charge in [-0.05, 0) is 5.92 Å². The Hall–Kier alpha value is -0.810. The van der Waals surface area contributed by atoms with Gasteiger partial charge in [-0.1, -0.05) is 13.8 Å². The lowest BCUT2D eigenvalue weighted by Crippen LogP contribution is -2.53. The molecule has 0 radical (unpaired) electrons. The molecule has 2 N–H and O–H groups in total. The lowest BCUT2D eigenvalue weighted by atomic mass is 10.2. The van der Waals surface area contributed by atoms with Crippen molar-refractivity contribution in [2.24, 2.45) is 5.92 Å². The van der Waals surface area contributed by atoms with Crippen molar-refractivity contribution in [3.63, 3.8) is 0 Å². The van der Waals surface area contributed by atoms with Crippen LogP contribution in [-0.2, 0) is 4.74 Å². The number of hydrogen-bond donors (Lipinski definition) is 2. The molecule has 5 heteroatoms. The zero-order valence-corrected chi connectivity index (χ0v) is 8.69. The second kappa shape index (κ2) is 5.17. The Balaban J connectivity index is 2.34. The number of aliphatic hydroxyl groups is 1. The minimum absolute atomic E-state index is 0.319. The average Bonchev–Trinajstić information content (AvgIpc) is 2.15. The summed E-state index contributed by atoms with van der Waals surface area (Å²) in [5, 5.41) is 12.5. The highest BCUT2D eigenvalue weighted by molar-refractivity contribution is 5.68. The van der Waals surface area contributed by atoms with E-state index < -0.39 is 12.3 Å². The predicted octanol–water partition coefficient (Wildman–Crippen LogP) is 0.00260. The largest absolute Gasteiger partial charge is 0.449 e. The molecule has 0 spiro atoms. The number of carbonyl (C=O) groups is 1. The number of piperazine rings is 1. The maximum atomic E-state index is 11.4. The molecule has 5 nitrogen and oxygen atoms in total. The highest BCUT2D eigenvalue weighted by Crippen LogP contribution is 2.04. The van der Waals surface area contributed by atoms with Gasteiger partial charge < -0.3 is 15.2 Å². The van der Waals surface area contributed by atoms with Crippen molar-refractivity contribution in [3.05, 3.63) is 0 Å². The standard InChI is InChI=1S/C9H18N2O3/c1-7(2)6-14-9(13)11-4-3-10-5-8(11)12/h7-8,10,12H,3-6H2,1-2H3. The quantitative estimate of drug-likeness (QED) is 0.662. The number of β-amino-alcohol motifs (C(OH)–C–C–N with tert-alkyl or cyclic N) is 1. The molecule has 0 saturated carbocycles. The monoisotopic (exact) mass is 202 g/mol. The van der Waals surface area contributed by atoms with Gasteiger partial charge >= 0.3 is 6.09 Å². The first-order valence-electron chi connectivity index (χ1n) is 4.93. The number of carbonyl (C=O) groups excluding carboxylic acids is 1. The van der Waals surface area contributed by atoms with Crippen LogP contribution in [0.3, 0.4) is 0 Å². The van der Waals surface area contributed by atoms with Gasteiger partial charge in [-0.15, -0.1) is 0 Å². The summed E-state index contributed by atoms with van der Waals surface area (Å²) < 4.78 is 5.01. The normalized spacial score (nSPS) is 22.6. The second-order valence-electron chi connectivity index (χ2n) is 3.85. The van der Waals surface area contributed by atoms with Crippen molar-refractivity contribution in [1.29, 1.82) is 0 Å². The molecule has 0 aromatic rings. The highest BCUT2D eigenvalue weighted by atomic mass is 16.6. The van der Waals surface area contributed by atoms with Gasteiger partial charge in [-0.3, -0.25) is 4.90 Å². The van der Waals surface area contributed by atoms with E-state index in [0.717, 1.165) is 0 Å². The summed E-state index contributed by atoms with van der Waals surface area (Å²) >= 11 is 0. The Labute approximate surface area is 84.0 Å². The fraction of sp³-hybridized carbons (Fsp3) is 0.889. The SMILES string of the molecule is CC(C)COC(=O)N1CCNCC1O. The molecule has 1 rings (SSSR count). The molecule has 0 aromatic heterocycles. The molecule has 82 valence electrons. The number of nitrogens with one attached hydrogen (secondary N) is 1. The molecule has 0 aliphatic carbocycles. The van der Waals surface area contributed by atoms with E-state index in [1.807, 2.05) is 13.8 Å². The van der Waals surface area contributed by atoms with Crippen LogP contribution < -0.4 is 5.32 Å². The Bertz CT molecular complexity index is 196. The summed E-state index contributed by atoms with van der Waals surface area (Å²) in [5.74, 6) is 0.319. The molecule has 14 heavy (non-hydrogen) atoms. The maximum Gasteiger partial charge on any atom is 0.411 e. The van der Waals surface area contributed by atoms with E-state index in [9.17, 15) is 9.90 Å². The van der Waals surface area contributed by atoms with Gasteiger partial charge in [0.1, 0.15) is 6.23 Å². The number of ether oxygens (including phenoxy) is 1. The zero-order valence-electron chi connectivity index (χ0n) is 8.69. The molecule has 1 fully saturated rings. The summed E-state index contributed by atoms with van der Waals surface area (Å²) in [7, 11) is 0. The van der Waals surface area contributed by atoms with Crippen molar-refractivity contribution in [3.8, 4) is 0 Å². The van der Waals surface area contributed by atoms with Crippen LogP contribution in [0.2, 0.25) is 0 Å². The van der Waals surface area contributed by atoms with Gasteiger partial charge in [0, 0.05) is 19.6 Å². The first-order chi connectivity index (χ1) is 6.61. The summed E-state index contributed by atoms with van der Waals surface area (Å²) in [6, 6.07) is 0. The van der Waals surface area contributed by atoms with E-state index in [4.69, 9.17) is 4.74 Å². The molecule has 1 heterocycles. The third kappa shape index (κ3) is 3.16. The van der Waals surface area contributed by atoms with Crippen LogP contribution in [0.25, 0.3) is 0 Å². The van der Waals surface area contributed by atoms with E-state index in [2.05, 4.69) is 5.32 Å². The third-order valence-corrected chi connectivity index (χ3v) is 1.99. The number of aliphatic hydroxyl groups excluding tert-OH is 1. The van der Waals surface area contributed by atoms with Crippen LogP contribution in [0, 0.1) is 5.92 Å². The lowest BCUT2D eigenvalue weighted by Gasteiger charge is -2.31. The number of amides is 1. The third-order valence-electron chi connectivity index (χ3n) is 1.99. The van der Waals surface area contributed by atoms with E-state index >= 15 is 0 Å². The van der Waals surface area contributed by atoms with Crippen LogP contribution in [0.5, 0.6) is 0 Å². The molecule has 0 bridgehead atoms. The van der Waals surface area contributed by atoms with Crippen molar-refractivity contribution in [2.45, 2.75) is 20.1 Å². The predicted molar refractivity (Wildman–Crippen MR) is 51.8 cm³/mol. The molecule has 1 atom stereocenters. The maximum absolute atomic E-state index is 11.4. The first-order valence-corrected chi connectivity index (χ1v) is 4.93. The lowest BCUT2D eigenvalue weighted by molar-refractivity contribution is -0.0152. The van der Waals surface area contributed by atoms with Crippen molar-refractivity contribution in [2.75, 3.05) is 26.2 Å². The van der Waals surface area contributed by atoms with Crippen LogP contribution >= 0.6 is 0 Å². The average molecular weight is 202 g/mol. The second-order valence-corrected chi connectivity index (χ2v) is 3.85. The molecule has 0 aromatic carbocycles. The van der Waals surface area contributed by atoms with Crippen molar-refractivity contribution >= 4 is 6.09 Å². The van der Waals surface area contributed by atoms with E-state index in [0.29, 0.717) is 32.2 Å². The van der Waals surface area contributed by atoms with Gasteiger partial charge in [-0.2, -0.15) is 0 Å². The van der Waals surface area contributed by atoms with Gasteiger partial charge in [0.2, 0.25) is 0 Å². The van der Waals surface area contributed by atoms with Gasteiger partial charge in [0.25, 0.3) is 0 Å². The minimum atomic E-state index is -0.761. The number of rotatable bonds is 2. The number of hydrogen-bond acceptors (Lipinski definition) is 4. The molecule has 1 unspecified atom stereocenters. The van der Waals surface area contributed by atoms with Crippen molar-refractivity contribution in [1.82, 2.24) is 10.2 Å². The van der Waals surface area contributed by atoms with Crippen LogP contribution in [0.4, 0.5) is 4.79 Å². The van der Waals surface area contributed by atoms with Gasteiger partial charge in [0.15, 0.2) is 0 Å². The summed E-state index contributed by atoms with van der Waals surface area (Å²) in [6.45, 7) is 5.96. The fourth-order valence-corrected chi connectivity index (χ4v) is 1.22. The number of nitrogens with zero attached hydrogens (tertiary/aromatic N) is 1. The van der Waals surface area contributed by atoms with Gasteiger partial charge in [-0.25, -0.2) is 4.79 Å². The summed E-state index contributed by atoms with van der Waals surface area (Å²) in [5.41, 5.74) is 0. The van der Waals surface area contributed by atoms with Crippen LogP contribution in [0.1, 0.15) is 13.8 Å². The Morgan fingerprint density at radius 1 is 1.71 bits per heavy atom. The zero-order chi connectivity index (χ0) is 10.6.